The Kier molecular flexibility index (Phi) is 5.77. The van der Waals surface area contributed by atoms with Gasteiger partial charge in [0.1, 0.15) is 17.3 Å². The summed E-state index contributed by atoms with van der Waals surface area (Å²) in [5.41, 5.74) is 1.25. The molecule has 1 heterocycles. The number of nitrogens with one attached hydrogen (secondary N) is 1. The molecule has 1 N–H and O–H groups in total. The van der Waals surface area contributed by atoms with Gasteiger partial charge in [-0.25, -0.2) is 4.68 Å². The van der Waals surface area contributed by atoms with Gasteiger partial charge in [-0.05, 0) is 50.2 Å². The Morgan fingerprint density at radius 1 is 1.14 bits per heavy atom. The van der Waals surface area contributed by atoms with Crippen LogP contribution >= 0.6 is 0 Å². The maximum Gasteiger partial charge on any atom is 0.269 e. The molecule has 1 amide bonds. The summed E-state index contributed by atoms with van der Waals surface area (Å²) in [6.07, 6.45) is -0.760. The number of amides is 1. The van der Waals surface area contributed by atoms with E-state index in [4.69, 9.17) is 9.47 Å². The van der Waals surface area contributed by atoms with Gasteiger partial charge in [-0.2, -0.15) is 5.10 Å². The molecule has 0 spiro atoms. The van der Waals surface area contributed by atoms with Gasteiger partial charge in [0, 0.05) is 18.2 Å². The van der Waals surface area contributed by atoms with E-state index >= 15 is 0 Å². The number of aromatic nitrogens is 2. The Bertz CT molecular complexity index is 1010. The van der Waals surface area contributed by atoms with Crippen LogP contribution in [0.5, 0.6) is 11.5 Å². The van der Waals surface area contributed by atoms with Crippen molar-refractivity contribution >= 4 is 17.4 Å². The molecule has 150 valence electrons. The molecule has 0 aliphatic carbocycles. The summed E-state index contributed by atoms with van der Waals surface area (Å²) < 4.78 is 12.3. The number of non-ortho nitro benzene ring substituents is 1. The van der Waals surface area contributed by atoms with Gasteiger partial charge < -0.3 is 14.8 Å². The highest BCUT2D eigenvalue weighted by atomic mass is 16.6. The molecule has 1 aromatic heterocycles. The van der Waals surface area contributed by atoms with E-state index in [1.54, 1.807) is 63.4 Å². The summed E-state index contributed by atoms with van der Waals surface area (Å²) in [4.78, 5) is 22.9. The lowest BCUT2D eigenvalue weighted by Crippen LogP contribution is -2.30. The number of hydrogen-bond donors (Lipinski definition) is 1. The fourth-order valence-corrected chi connectivity index (χ4v) is 2.64. The van der Waals surface area contributed by atoms with Crippen LogP contribution in [0.2, 0.25) is 0 Å². The molecule has 0 saturated heterocycles. The zero-order chi connectivity index (χ0) is 21.0. The predicted molar refractivity (Wildman–Crippen MR) is 107 cm³/mol. The Hall–Kier alpha value is -3.88. The van der Waals surface area contributed by atoms with E-state index in [2.05, 4.69) is 10.4 Å². The minimum Gasteiger partial charge on any atom is -0.497 e. The van der Waals surface area contributed by atoms with Crippen LogP contribution in [0, 0.1) is 17.0 Å². The molecule has 3 aromatic rings. The van der Waals surface area contributed by atoms with E-state index in [1.165, 1.54) is 16.8 Å². The highest BCUT2D eigenvalue weighted by molar-refractivity contribution is 5.93. The smallest absolute Gasteiger partial charge is 0.269 e. The summed E-state index contributed by atoms with van der Waals surface area (Å²) in [6.45, 7) is 3.42. The van der Waals surface area contributed by atoms with Gasteiger partial charge in [-0.1, -0.05) is 0 Å². The summed E-state index contributed by atoms with van der Waals surface area (Å²) in [7, 11) is 1.57. The van der Waals surface area contributed by atoms with Crippen molar-refractivity contribution in [2.24, 2.45) is 0 Å². The molecule has 0 bridgehead atoms. The summed E-state index contributed by atoms with van der Waals surface area (Å²) >= 11 is 0. The number of ether oxygens (including phenoxy) is 2. The van der Waals surface area contributed by atoms with Crippen molar-refractivity contribution in [3.8, 4) is 17.2 Å². The number of rotatable bonds is 7. The van der Waals surface area contributed by atoms with Crippen molar-refractivity contribution in [3.05, 3.63) is 70.4 Å². The van der Waals surface area contributed by atoms with Crippen molar-refractivity contribution in [1.82, 2.24) is 9.78 Å². The second-order valence-corrected chi connectivity index (χ2v) is 6.28. The van der Waals surface area contributed by atoms with Crippen LogP contribution in [0.15, 0.2) is 54.6 Å². The summed E-state index contributed by atoms with van der Waals surface area (Å²) in [6, 6.07) is 14.5. The molecule has 0 saturated carbocycles. The highest BCUT2D eigenvalue weighted by Crippen LogP contribution is 2.21. The maximum absolute atomic E-state index is 12.6. The quantitative estimate of drug-likeness (QED) is 0.484. The SMILES string of the molecule is COc1ccc(OC(C)C(=O)Nc2cc(C)nn2-c2ccc([N+](=O)[O-])cc2)cc1. The number of nitrogens with zero attached hydrogens (tertiary/aromatic N) is 3. The second kappa shape index (κ2) is 8.42. The van der Waals surface area contributed by atoms with Crippen molar-refractivity contribution in [1.29, 1.82) is 0 Å². The molecule has 0 aliphatic heterocycles. The molecule has 1 atom stereocenters. The van der Waals surface area contributed by atoms with E-state index < -0.39 is 11.0 Å². The van der Waals surface area contributed by atoms with E-state index in [0.29, 0.717) is 28.7 Å². The first kappa shape index (κ1) is 19.9. The molecule has 2 aromatic carbocycles. The Morgan fingerprint density at radius 2 is 1.76 bits per heavy atom. The zero-order valence-electron chi connectivity index (χ0n) is 16.2. The molecule has 0 fully saturated rings. The second-order valence-electron chi connectivity index (χ2n) is 6.28. The number of benzene rings is 2. The largest absolute Gasteiger partial charge is 0.497 e. The first-order valence-electron chi connectivity index (χ1n) is 8.80. The molecule has 0 radical (unpaired) electrons. The lowest BCUT2D eigenvalue weighted by atomic mass is 10.3. The molecular weight excluding hydrogens is 376 g/mol. The Morgan fingerprint density at radius 3 is 2.34 bits per heavy atom. The Balaban J connectivity index is 1.73. The molecule has 9 nitrogen and oxygen atoms in total. The van der Waals surface area contributed by atoms with Gasteiger partial charge in [0.05, 0.1) is 23.4 Å². The van der Waals surface area contributed by atoms with Crippen molar-refractivity contribution in [2.75, 3.05) is 12.4 Å². The van der Waals surface area contributed by atoms with Gasteiger partial charge in [0.15, 0.2) is 6.10 Å². The molecule has 29 heavy (non-hydrogen) atoms. The van der Waals surface area contributed by atoms with E-state index in [9.17, 15) is 14.9 Å². The normalized spacial score (nSPS) is 11.6. The third-order valence-electron chi connectivity index (χ3n) is 4.13. The average molecular weight is 396 g/mol. The first-order chi connectivity index (χ1) is 13.9. The van der Waals surface area contributed by atoms with Gasteiger partial charge in [0.25, 0.3) is 11.6 Å². The number of carbonyl (C=O) groups is 1. The third-order valence-corrected chi connectivity index (χ3v) is 4.13. The molecule has 0 aliphatic rings. The number of hydrogen-bond acceptors (Lipinski definition) is 6. The molecule has 1 unspecified atom stereocenters. The van der Waals surface area contributed by atoms with Crippen molar-refractivity contribution in [3.63, 3.8) is 0 Å². The fourth-order valence-electron chi connectivity index (χ4n) is 2.64. The number of aryl methyl sites for hydroxylation is 1. The van der Waals surface area contributed by atoms with Crippen LogP contribution < -0.4 is 14.8 Å². The van der Waals surface area contributed by atoms with E-state index in [1.807, 2.05) is 0 Å². The minimum absolute atomic E-state index is 0.0234. The standard InChI is InChI=1S/C20H20N4O5/c1-13-12-19(23(22-13)15-4-6-16(7-5-15)24(26)27)21-20(25)14(2)29-18-10-8-17(28-3)9-11-18/h4-12,14H,1-3H3,(H,21,25). The Labute approximate surface area is 167 Å². The fraction of sp³-hybridized carbons (Fsp3) is 0.200. The summed E-state index contributed by atoms with van der Waals surface area (Å²) in [5, 5.41) is 18.0. The van der Waals surface area contributed by atoms with Crippen LogP contribution in [0.4, 0.5) is 11.5 Å². The maximum atomic E-state index is 12.6. The van der Waals surface area contributed by atoms with Crippen molar-refractivity contribution < 1.29 is 19.2 Å². The van der Waals surface area contributed by atoms with Crippen LogP contribution in [-0.2, 0) is 4.79 Å². The van der Waals surface area contributed by atoms with E-state index in [-0.39, 0.29) is 11.6 Å². The van der Waals surface area contributed by atoms with Crippen LogP contribution in [0.3, 0.4) is 0 Å². The lowest BCUT2D eigenvalue weighted by Gasteiger charge is -2.15. The average Bonchev–Trinajstić information content (AvgIpc) is 3.08. The van der Waals surface area contributed by atoms with Gasteiger partial charge in [-0.3, -0.25) is 14.9 Å². The van der Waals surface area contributed by atoms with Gasteiger partial charge >= 0.3 is 0 Å². The third kappa shape index (κ3) is 4.70. The van der Waals surface area contributed by atoms with Crippen LogP contribution in [0.25, 0.3) is 5.69 Å². The van der Waals surface area contributed by atoms with Crippen LogP contribution in [-0.4, -0.2) is 33.8 Å². The zero-order valence-corrected chi connectivity index (χ0v) is 16.2. The number of nitro groups is 1. The molecule has 9 heteroatoms. The lowest BCUT2D eigenvalue weighted by molar-refractivity contribution is -0.384. The highest BCUT2D eigenvalue weighted by Gasteiger charge is 2.18. The minimum atomic E-state index is -0.760. The number of nitro benzene ring substituents is 1. The van der Waals surface area contributed by atoms with Gasteiger partial charge in [0.2, 0.25) is 0 Å². The molecular formula is C20H20N4O5. The number of carbonyl (C=O) groups excluding carboxylic acids is 1. The number of methoxy groups -OCH3 is 1. The van der Waals surface area contributed by atoms with Crippen molar-refractivity contribution in [2.45, 2.75) is 20.0 Å². The number of anilines is 1. The topological polar surface area (TPSA) is 109 Å². The first-order valence-corrected chi connectivity index (χ1v) is 8.80. The van der Waals surface area contributed by atoms with E-state index in [0.717, 1.165) is 0 Å². The van der Waals surface area contributed by atoms with Crippen LogP contribution in [0.1, 0.15) is 12.6 Å². The predicted octanol–water partition coefficient (Wildman–Crippen LogP) is 3.50. The van der Waals surface area contributed by atoms with Gasteiger partial charge in [-0.15, -0.1) is 0 Å². The molecule has 3 rings (SSSR count). The summed E-state index contributed by atoms with van der Waals surface area (Å²) in [5.74, 6) is 1.31. The monoisotopic (exact) mass is 396 g/mol.